The summed E-state index contributed by atoms with van der Waals surface area (Å²) in [4.78, 5) is 11.8. The van der Waals surface area contributed by atoms with Gasteiger partial charge < -0.3 is 14.6 Å². The lowest BCUT2D eigenvalue weighted by Crippen LogP contribution is -2.36. The molecule has 2 unspecified atom stereocenters. The van der Waals surface area contributed by atoms with Gasteiger partial charge in [0.1, 0.15) is 17.1 Å². The zero-order valence-electron chi connectivity index (χ0n) is 19.4. The first-order chi connectivity index (χ1) is 13.4. The summed E-state index contributed by atoms with van der Waals surface area (Å²) in [7, 11) is 0. The van der Waals surface area contributed by atoms with Gasteiger partial charge in [0.2, 0.25) is 0 Å². The highest BCUT2D eigenvalue weighted by atomic mass is 16.5. The molecule has 0 spiro atoms. The molecule has 0 radical (unpaired) electrons. The Morgan fingerprint density at radius 3 is 2.59 bits per heavy atom. The number of hydrogen-bond donors (Lipinski definition) is 1. The van der Waals surface area contributed by atoms with Crippen molar-refractivity contribution >= 4 is 5.97 Å². The predicted octanol–water partition coefficient (Wildman–Crippen LogP) is 6.28. The maximum absolute atomic E-state index is 11.8. The lowest BCUT2D eigenvalue weighted by Gasteiger charge is -2.40. The number of hydrogen-bond acceptors (Lipinski definition) is 4. The van der Waals surface area contributed by atoms with E-state index < -0.39 is 6.10 Å². The van der Waals surface area contributed by atoms with Crippen molar-refractivity contribution < 1.29 is 19.4 Å². The highest BCUT2D eigenvalue weighted by Gasteiger charge is 2.38. The number of benzene rings is 1. The molecule has 0 bridgehead atoms. The third-order valence-corrected chi connectivity index (χ3v) is 5.95. The summed E-state index contributed by atoms with van der Waals surface area (Å²) >= 11 is 0. The highest BCUT2D eigenvalue weighted by molar-refractivity contribution is 5.71. The van der Waals surface area contributed by atoms with Crippen LogP contribution in [0.5, 0.6) is 11.5 Å². The smallest absolute Gasteiger partial charge is 0.308 e. The van der Waals surface area contributed by atoms with Gasteiger partial charge in [0.05, 0.1) is 6.10 Å². The number of aliphatic hydroxyl groups excluding tert-OH is 1. The Kier molecular flexibility index (Phi) is 7.78. The van der Waals surface area contributed by atoms with Crippen molar-refractivity contribution in [2.75, 3.05) is 0 Å². The van der Waals surface area contributed by atoms with Crippen LogP contribution in [0.4, 0.5) is 0 Å². The van der Waals surface area contributed by atoms with Crippen molar-refractivity contribution in [3.05, 3.63) is 23.3 Å². The summed E-state index contributed by atoms with van der Waals surface area (Å²) < 4.78 is 12.0. The van der Waals surface area contributed by atoms with Gasteiger partial charge in [-0.2, -0.15) is 0 Å². The molecule has 164 valence electrons. The van der Waals surface area contributed by atoms with Crippen LogP contribution in [-0.4, -0.2) is 22.8 Å². The van der Waals surface area contributed by atoms with Gasteiger partial charge in [-0.1, -0.05) is 46.5 Å². The van der Waals surface area contributed by atoms with Crippen LogP contribution in [0.25, 0.3) is 0 Å². The molecule has 1 aliphatic heterocycles. The van der Waals surface area contributed by atoms with E-state index in [1.807, 2.05) is 6.07 Å². The molecule has 0 aliphatic carbocycles. The molecule has 1 heterocycles. The Balaban J connectivity index is 2.48. The molecule has 4 nitrogen and oxygen atoms in total. The van der Waals surface area contributed by atoms with E-state index in [1.54, 1.807) is 6.92 Å². The average Bonchev–Trinajstić information content (AvgIpc) is 2.56. The Hall–Kier alpha value is -1.55. The minimum absolute atomic E-state index is 0.0393. The number of carbonyl (C=O) groups excluding carboxylic acids is 1. The Bertz CT molecular complexity index is 703. The lowest BCUT2D eigenvalue weighted by molar-refractivity contribution is -0.132. The summed E-state index contributed by atoms with van der Waals surface area (Å²) in [6.07, 6.45) is 6.94. The number of aliphatic hydroxyl groups is 1. The molecule has 4 heteroatoms. The molecule has 1 N–H and O–H groups in total. The molecule has 2 rings (SSSR count). The molecular weight excluding hydrogens is 364 g/mol. The molecule has 29 heavy (non-hydrogen) atoms. The van der Waals surface area contributed by atoms with Crippen molar-refractivity contribution in [1.29, 1.82) is 0 Å². The van der Waals surface area contributed by atoms with Crippen molar-refractivity contribution in [1.82, 2.24) is 0 Å². The van der Waals surface area contributed by atoms with Crippen LogP contribution in [-0.2, 0) is 10.2 Å². The van der Waals surface area contributed by atoms with Crippen LogP contribution in [0.2, 0.25) is 0 Å². The topological polar surface area (TPSA) is 55.8 Å². The Morgan fingerprint density at radius 2 is 2.00 bits per heavy atom. The second kappa shape index (κ2) is 9.51. The van der Waals surface area contributed by atoms with Crippen LogP contribution in [0.3, 0.4) is 0 Å². The summed E-state index contributed by atoms with van der Waals surface area (Å²) in [5.41, 5.74) is 1.69. The van der Waals surface area contributed by atoms with Gasteiger partial charge >= 0.3 is 5.97 Å². The molecule has 1 aliphatic rings. The number of esters is 1. The van der Waals surface area contributed by atoms with Crippen molar-refractivity contribution in [2.24, 2.45) is 0 Å². The fourth-order valence-corrected chi connectivity index (χ4v) is 4.50. The van der Waals surface area contributed by atoms with Crippen molar-refractivity contribution in [3.8, 4) is 11.5 Å². The number of unbranched alkanes of at least 4 members (excludes halogenated alkanes) is 3. The maximum atomic E-state index is 11.8. The van der Waals surface area contributed by atoms with Gasteiger partial charge in [0, 0.05) is 12.5 Å². The first kappa shape index (κ1) is 23.7. The fourth-order valence-electron chi connectivity index (χ4n) is 4.50. The van der Waals surface area contributed by atoms with E-state index in [4.69, 9.17) is 9.47 Å². The summed E-state index contributed by atoms with van der Waals surface area (Å²) in [6, 6.07) is 4.16. The van der Waals surface area contributed by atoms with E-state index in [0.717, 1.165) is 29.7 Å². The normalized spacial score (nSPS) is 19.2. The largest absolute Gasteiger partial charge is 0.487 e. The number of fused-ring (bicyclic) bond motifs is 1. The number of carbonyl (C=O) groups is 1. The monoisotopic (exact) mass is 404 g/mol. The number of ether oxygens (including phenoxy) is 2. The van der Waals surface area contributed by atoms with Gasteiger partial charge in [-0.3, -0.25) is 4.79 Å². The first-order valence-electron chi connectivity index (χ1n) is 11.2. The molecule has 0 aromatic heterocycles. The van der Waals surface area contributed by atoms with Gasteiger partial charge in [-0.15, -0.1) is 0 Å². The van der Waals surface area contributed by atoms with E-state index in [0.29, 0.717) is 12.2 Å². The fraction of sp³-hybridized carbons (Fsp3) is 0.720. The summed E-state index contributed by atoms with van der Waals surface area (Å²) in [5.74, 6) is 1.14. The third-order valence-electron chi connectivity index (χ3n) is 5.95. The van der Waals surface area contributed by atoms with Crippen molar-refractivity contribution in [3.63, 3.8) is 0 Å². The van der Waals surface area contributed by atoms with E-state index in [9.17, 15) is 9.90 Å². The van der Waals surface area contributed by atoms with Gasteiger partial charge in [-0.25, -0.2) is 0 Å². The SMILES string of the molecule is CCCCCCC(C)(C)c1cc(OC(C)=O)c2c(c1)OC(C)(C)CC2CC(C)O. The molecule has 1 aromatic rings. The highest BCUT2D eigenvalue weighted by Crippen LogP contribution is 2.49. The lowest BCUT2D eigenvalue weighted by atomic mass is 9.76. The third kappa shape index (κ3) is 6.47. The van der Waals surface area contributed by atoms with E-state index in [-0.39, 0.29) is 22.9 Å². The van der Waals surface area contributed by atoms with Crippen LogP contribution in [0.1, 0.15) is 110 Å². The van der Waals surface area contributed by atoms with E-state index in [1.165, 1.54) is 32.6 Å². The van der Waals surface area contributed by atoms with E-state index >= 15 is 0 Å². The summed E-state index contributed by atoms with van der Waals surface area (Å²) in [6.45, 7) is 14.1. The second-order valence-corrected chi connectivity index (χ2v) is 10.0. The predicted molar refractivity (Wildman–Crippen MR) is 118 cm³/mol. The van der Waals surface area contributed by atoms with Gasteiger partial charge in [-0.05, 0) is 69.1 Å². The number of rotatable bonds is 9. The van der Waals surface area contributed by atoms with Gasteiger partial charge in [0.25, 0.3) is 0 Å². The quantitative estimate of drug-likeness (QED) is 0.299. The molecule has 0 amide bonds. The van der Waals surface area contributed by atoms with Crippen LogP contribution in [0, 0.1) is 0 Å². The molecule has 0 fully saturated rings. The molecular formula is C25H40O4. The second-order valence-electron chi connectivity index (χ2n) is 10.0. The molecule has 0 saturated heterocycles. The Morgan fingerprint density at radius 1 is 1.31 bits per heavy atom. The average molecular weight is 405 g/mol. The molecule has 0 saturated carbocycles. The first-order valence-corrected chi connectivity index (χ1v) is 11.2. The minimum atomic E-state index is -0.429. The Labute approximate surface area is 177 Å². The van der Waals surface area contributed by atoms with Crippen LogP contribution in [0.15, 0.2) is 12.1 Å². The van der Waals surface area contributed by atoms with Gasteiger partial charge in [0.15, 0.2) is 0 Å². The zero-order chi connectivity index (χ0) is 21.8. The summed E-state index contributed by atoms with van der Waals surface area (Å²) in [5, 5.41) is 10.0. The molecule has 2 atom stereocenters. The van der Waals surface area contributed by atoms with Crippen LogP contribution < -0.4 is 9.47 Å². The van der Waals surface area contributed by atoms with Crippen molar-refractivity contribution in [2.45, 2.75) is 116 Å². The zero-order valence-corrected chi connectivity index (χ0v) is 19.4. The molecule has 1 aromatic carbocycles. The standard InChI is InChI=1S/C25H40O4/c1-8-9-10-11-12-24(4,5)20-14-21(28-18(3)27)23-19(13-17(2)26)16-25(6,7)29-22(23)15-20/h14-15,17,19,26H,8-13,16H2,1-7H3. The van der Waals surface area contributed by atoms with E-state index in [2.05, 4.69) is 40.7 Å². The van der Waals surface area contributed by atoms with Crippen LogP contribution >= 0.6 is 0 Å². The maximum Gasteiger partial charge on any atom is 0.308 e. The minimum Gasteiger partial charge on any atom is -0.487 e.